The first-order valence-electron chi connectivity index (χ1n) is 6.69. The molecule has 1 aromatic rings. The van der Waals surface area contributed by atoms with Gasteiger partial charge in [0.2, 0.25) is 0 Å². The molecule has 0 aliphatic heterocycles. The number of aliphatic hydroxyl groups is 1. The zero-order valence-corrected chi connectivity index (χ0v) is 11.8. The molecule has 0 radical (unpaired) electrons. The average Bonchev–Trinajstić information content (AvgIpc) is 2.61. The van der Waals surface area contributed by atoms with Gasteiger partial charge in [0, 0.05) is 4.47 Å². The van der Waals surface area contributed by atoms with Crippen LogP contribution >= 0.6 is 15.9 Å². The van der Waals surface area contributed by atoms with E-state index in [1.165, 1.54) is 44.1 Å². The topological polar surface area (TPSA) is 20.2 Å². The molecule has 1 saturated carbocycles. The van der Waals surface area contributed by atoms with Crippen molar-refractivity contribution in [1.29, 1.82) is 0 Å². The van der Waals surface area contributed by atoms with Gasteiger partial charge in [0.15, 0.2) is 0 Å². The van der Waals surface area contributed by atoms with Gasteiger partial charge in [-0.2, -0.15) is 0 Å². The van der Waals surface area contributed by atoms with Crippen molar-refractivity contribution in [3.63, 3.8) is 0 Å². The molecule has 0 spiro atoms. The fourth-order valence-corrected chi connectivity index (χ4v) is 3.20. The molecule has 0 aromatic heterocycles. The number of aliphatic hydroxyl groups excluding tert-OH is 1. The second-order valence-corrected chi connectivity index (χ2v) is 5.97. The molecule has 17 heavy (non-hydrogen) atoms. The Labute approximate surface area is 112 Å². The van der Waals surface area contributed by atoms with E-state index in [0.29, 0.717) is 5.92 Å². The van der Waals surface area contributed by atoms with Gasteiger partial charge in [0.1, 0.15) is 0 Å². The second kappa shape index (κ2) is 6.55. The highest BCUT2D eigenvalue weighted by molar-refractivity contribution is 9.10. The van der Waals surface area contributed by atoms with Crippen molar-refractivity contribution in [2.24, 2.45) is 5.92 Å². The van der Waals surface area contributed by atoms with Gasteiger partial charge in [0.05, 0.1) is 6.10 Å². The van der Waals surface area contributed by atoms with Gasteiger partial charge >= 0.3 is 0 Å². The van der Waals surface area contributed by atoms with E-state index in [9.17, 15) is 5.11 Å². The maximum atomic E-state index is 10.4. The van der Waals surface area contributed by atoms with Gasteiger partial charge in [-0.05, 0) is 36.8 Å². The summed E-state index contributed by atoms with van der Waals surface area (Å²) in [5.74, 6) is 0.504. The largest absolute Gasteiger partial charge is 0.392 e. The van der Waals surface area contributed by atoms with E-state index in [1.807, 2.05) is 12.1 Å². The molecule has 2 heteroatoms. The van der Waals surface area contributed by atoms with Crippen LogP contribution < -0.4 is 0 Å². The minimum Gasteiger partial charge on any atom is -0.392 e. The Kier molecular flexibility index (Phi) is 5.05. The van der Waals surface area contributed by atoms with Crippen LogP contribution in [0.2, 0.25) is 0 Å². The van der Waals surface area contributed by atoms with Crippen LogP contribution in [0.3, 0.4) is 0 Å². The summed E-state index contributed by atoms with van der Waals surface area (Å²) in [7, 11) is 0. The van der Waals surface area contributed by atoms with Crippen LogP contribution in [0.1, 0.15) is 44.1 Å². The zero-order valence-electron chi connectivity index (χ0n) is 10.2. The molecule has 1 aliphatic carbocycles. The van der Waals surface area contributed by atoms with Crippen molar-refractivity contribution in [2.75, 3.05) is 0 Å². The molecule has 1 nitrogen and oxygen atoms in total. The van der Waals surface area contributed by atoms with Crippen LogP contribution in [0.25, 0.3) is 0 Å². The summed E-state index contributed by atoms with van der Waals surface area (Å²) < 4.78 is 1.12. The minimum absolute atomic E-state index is 0.174. The standard InChI is InChI=1S/C15H21BrO/c16-14-10-6-5-9-13(14)11-15(17)12-7-3-1-2-4-8-12/h5-6,9-10,12,15,17H,1-4,7-8,11H2. The summed E-state index contributed by atoms with van der Waals surface area (Å²) in [5.41, 5.74) is 1.23. The van der Waals surface area contributed by atoms with Crippen LogP contribution in [0.4, 0.5) is 0 Å². The molecule has 94 valence electrons. The molecule has 1 atom stereocenters. The van der Waals surface area contributed by atoms with Gasteiger partial charge in [-0.1, -0.05) is 59.8 Å². The summed E-state index contributed by atoms with van der Waals surface area (Å²) in [4.78, 5) is 0. The fourth-order valence-electron chi connectivity index (χ4n) is 2.75. The quantitative estimate of drug-likeness (QED) is 0.824. The van der Waals surface area contributed by atoms with E-state index in [0.717, 1.165) is 10.9 Å². The summed E-state index contributed by atoms with van der Waals surface area (Å²) in [5, 5.41) is 10.4. The highest BCUT2D eigenvalue weighted by Gasteiger charge is 2.21. The van der Waals surface area contributed by atoms with Gasteiger partial charge in [0.25, 0.3) is 0 Å². The van der Waals surface area contributed by atoms with Crippen molar-refractivity contribution in [2.45, 2.75) is 51.0 Å². The van der Waals surface area contributed by atoms with Crippen LogP contribution in [0, 0.1) is 5.92 Å². The zero-order chi connectivity index (χ0) is 12.1. The van der Waals surface area contributed by atoms with E-state index < -0.39 is 0 Å². The lowest BCUT2D eigenvalue weighted by Crippen LogP contribution is -2.22. The van der Waals surface area contributed by atoms with Crippen LogP contribution in [0.15, 0.2) is 28.7 Å². The molecular weight excluding hydrogens is 276 g/mol. The number of benzene rings is 1. The number of rotatable bonds is 3. The van der Waals surface area contributed by atoms with Crippen LogP contribution in [-0.4, -0.2) is 11.2 Å². The second-order valence-electron chi connectivity index (χ2n) is 5.11. The Hall–Kier alpha value is -0.340. The summed E-state index contributed by atoms with van der Waals surface area (Å²) >= 11 is 3.55. The molecule has 0 amide bonds. The van der Waals surface area contributed by atoms with Gasteiger partial charge in [-0.15, -0.1) is 0 Å². The molecule has 1 unspecified atom stereocenters. The monoisotopic (exact) mass is 296 g/mol. The maximum absolute atomic E-state index is 10.4. The smallest absolute Gasteiger partial charge is 0.0609 e. The van der Waals surface area contributed by atoms with E-state index >= 15 is 0 Å². The molecule has 1 aliphatic rings. The molecule has 0 saturated heterocycles. The summed E-state index contributed by atoms with van der Waals surface area (Å²) in [6.45, 7) is 0. The molecule has 1 fully saturated rings. The Bertz CT molecular complexity index is 343. The summed E-state index contributed by atoms with van der Waals surface area (Å²) in [6, 6.07) is 8.21. The van der Waals surface area contributed by atoms with Crippen molar-refractivity contribution in [3.05, 3.63) is 34.3 Å². The molecule has 0 bridgehead atoms. The Morgan fingerprint density at radius 3 is 2.41 bits per heavy atom. The Morgan fingerprint density at radius 1 is 1.12 bits per heavy atom. The van der Waals surface area contributed by atoms with Gasteiger partial charge < -0.3 is 5.11 Å². The number of hydrogen-bond donors (Lipinski definition) is 1. The van der Waals surface area contributed by atoms with Crippen molar-refractivity contribution in [3.8, 4) is 0 Å². The predicted molar refractivity (Wildman–Crippen MR) is 75.0 cm³/mol. The summed E-state index contributed by atoms with van der Waals surface area (Å²) in [6.07, 6.45) is 8.28. The van der Waals surface area contributed by atoms with Crippen LogP contribution in [-0.2, 0) is 6.42 Å². The fraction of sp³-hybridized carbons (Fsp3) is 0.600. The van der Waals surface area contributed by atoms with Crippen LogP contribution in [0.5, 0.6) is 0 Å². The molecule has 1 N–H and O–H groups in total. The predicted octanol–water partition coefficient (Wildman–Crippen LogP) is 4.32. The lowest BCUT2D eigenvalue weighted by Gasteiger charge is -2.21. The molecular formula is C15H21BrO. The molecule has 2 rings (SSSR count). The Morgan fingerprint density at radius 2 is 1.76 bits per heavy atom. The van der Waals surface area contributed by atoms with Gasteiger partial charge in [-0.25, -0.2) is 0 Å². The third-order valence-corrected chi connectivity index (χ3v) is 4.60. The highest BCUT2D eigenvalue weighted by Crippen LogP contribution is 2.28. The van der Waals surface area contributed by atoms with E-state index in [-0.39, 0.29) is 6.10 Å². The SMILES string of the molecule is OC(Cc1ccccc1Br)C1CCCCCC1. The lowest BCUT2D eigenvalue weighted by molar-refractivity contribution is 0.0985. The number of halogens is 1. The first kappa shape index (κ1) is 13.1. The highest BCUT2D eigenvalue weighted by atomic mass is 79.9. The minimum atomic E-state index is -0.174. The van der Waals surface area contributed by atoms with Crippen molar-refractivity contribution >= 4 is 15.9 Å². The van der Waals surface area contributed by atoms with E-state index in [1.54, 1.807) is 0 Å². The molecule has 0 heterocycles. The third kappa shape index (κ3) is 3.82. The van der Waals surface area contributed by atoms with E-state index in [4.69, 9.17) is 0 Å². The first-order valence-corrected chi connectivity index (χ1v) is 7.48. The van der Waals surface area contributed by atoms with E-state index in [2.05, 4.69) is 28.1 Å². The molecule has 1 aromatic carbocycles. The Balaban J connectivity index is 1.95. The lowest BCUT2D eigenvalue weighted by atomic mass is 9.90. The van der Waals surface area contributed by atoms with Crippen molar-refractivity contribution < 1.29 is 5.11 Å². The van der Waals surface area contributed by atoms with Crippen molar-refractivity contribution in [1.82, 2.24) is 0 Å². The third-order valence-electron chi connectivity index (χ3n) is 3.83. The maximum Gasteiger partial charge on any atom is 0.0609 e. The average molecular weight is 297 g/mol. The van der Waals surface area contributed by atoms with Gasteiger partial charge in [-0.3, -0.25) is 0 Å². The number of hydrogen-bond acceptors (Lipinski definition) is 1. The first-order chi connectivity index (χ1) is 8.27. The normalized spacial score (nSPS) is 19.9.